The molecule has 3 amide bonds. The standard InChI is InChI=1S/C25H29F3N4O5/c1-23(2,3)37-22(35)32-13-11-24(12-14-32,31-21(34)36-16-17-7-5-4-6-8-17)20(33)30-18-9-10-19(29-15-18)25(26,27)28/h4-10,15H,11-14,16H2,1-3H3,(H,30,33)(H,31,34). The number of anilines is 1. The van der Waals surface area contributed by atoms with Crippen molar-refractivity contribution in [1.29, 1.82) is 0 Å². The fourth-order valence-electron chi connectivity index (χ4n) is 3.65. The highest BCUT2D eigenvalue weighted by Gasteiger charge is 2.45. The highest BCUT2D eigenvalue weighted by atomic mass is 19.4. The lowest BCUT2D eigenvalue weighted by Gasteiger charge is -2.40. The summed E-state index contributed by atoms with van der Waals surface area (Å²) in [5.74, 6) is -0.672. The number of carbonyl (C=O) groups excluding carboxylic acids is 3. The summed E-state index contributed by atoms with van der Waals surface area (Å²) in [5, 5.41) is 5.13. The number of alkyl halides is 3. The van der Waals surface area contributed by atoms with Crippen LogP contribution in [0.2, 0.25) is 0 Å². The van der Waals surface area contributed by atoms with E-state index in [0.717, 1.165) is 23.9 Å². The molecule has 200 valence electrons. The third-order valence-corrected chi connectivity index (χ3v) is 5.57. The number of hydrogen-bond donors (Lipinski definition) is 2. The number of pyridine rings is 1. The summed E-state index contributed by atoms with van der Waals surface area (Å²) in [6, 6.07) is 10.8. The van der Waals surface area contributed by atoms with Crippen LogP contribution < -0.4 is 10.6 Å². The number of rotatable bonds is 5. The van der Waals surface area contributed by atoms with Crippen LogP contribution in [0.1, 0.15) is 44.9 Å². The zero-order chi connectivity index (χ0) is 27.3. The second-order valence-corrected chi connectivity index (χ2v) is 9.62. The first-order chi connectivity index (χ1) is 17.3. The quantitative estimate of drug-likeness (QED) is 0.587. The van der Waals surface area contributed by atoms with E-state index in [4.69, 9.17) is 9.47 Å². The number of amides is 3. The van der Waals surface area contributed by atoms with Gasteiger partial charge in [-0.3, -0.25) is 4.79 Å². The second kappa shape index (κ2) is 11.1. The van der Waals surface area contributed by atoms with Crippen LogP contribution in [0.25, 0.3) is 0 Å². The largest absolute Gasteiger partial charge is 0.445 e. The van der Waals surface area contributed by atoms with Crippen molar-refractivity contribution in [3.63, 3.8) is 0 Å². The summed E-state index contributed by atoms with van der Waals surface area (Å²) < 4.78 is 49.1. The van der Waals surface area contributed by atoms with Crippen LogP contribution in [0.15, 0.2) is 48.7 Å². The van der Waals surface area contributed by atoms with Crippen LogP contribution in [-0.4, -0.2) is 52.2 Å². The van der Waals surface area contributed by atoms with Gasteiger partial charge >= 0.3 is 18.4 Å². The van der Waals surface area contributed by atoms with Gasteiger partial charge < -0.3 is 25.0 Å². The molecule has 1 aromatic heterocycles. The Morgan fingerprint density at radius 1 is 1.03 bits per heavy atom. The van der Waals surface area contributed by atoms with Gasteiger partial charge in [-0.05, 0) is 51.3 Å². The summed E-state index contributed by atoms with van der Waals surface area (Å²) in [7, 11) is 0. The van der Waals surface area contributed by atoms with Gasteiger partial charge in [-0.1, -0.05) is 30.3 Å². The molecule has 0 saturated carbocycles. The van der Waals surface area contributed by atoms with Gasteiger partial charge in [0.05, 0.1) is 11.9 Å². The number of ether oxygens (including phenoxy) is 2. The number of benzene rings is 1. The SMILES string of the molecule is CC(C)(C)OC(=O)N1CCC(NC(=O)OCc2ccccc2)(C(=O)Nc2ccc(C(F)(F)F)nc2)CC1. The monoisotopic (exact) mass is 522 g/mol. The Bertz CT molecular complexity index is 1090. The van der Waals surface area contributed by atoms with E-state index in [1.54, 1.807) is 45.0 Å². The maximum atomic E-state index is 13.3. The molecule has 12 heteroatoms. The summed E-state index contributed by atoms with van der Waals surface area (Å²) >= 11 is 0. The average molecular weight is 523 g/mol. The molecule has 2 aromatic rings. The average Bonchev–Trinajstić information content (AvgIpc) is 2.82. The predicted octanol–water partition coefficient (Wildman–Crippen LogP) is 4.74. The Hall–Kier alpha value is -3.83. The molecule has 2 N–H and O–H groups in total. The van der Waals surface area contributed by atoms with Crippen LogP contribution in [-0.2, 0) is 27.1 Å². The molecule has 0 spiro atoms. The molecule has 0 atom stereocenters. The highest BCUT2D eigenvalue weighted by molar-refractivity contribution is 6.00. The Kier molecular flexibility index (Phi) is 8.29. The lowest BCUT2D eigenvalue weighted by Crippen LogP contribution is -2.62. The first-order valence-corrected chi connectivity index (χ1v) is 11.6. The lowest BCUT2D eigenvalue weighted by atomic mass is 9.86. The van der Waals surface area contributed by atoms with Gasteiger partial charge in [0.1, 0.15) is 23.4 Å². The molecule has 0 radical (unpaired) electrons. The topological polar surface area (TPSA) is 110 Å². The molecular formula is C25H29F3N4O5. The number of alkyl carbamates (subject to hydrolysis) is 1. The van der Waals surface area contributed by atoms with Crippen molar-refractivity contribution < 1.29 is 37.0 Å². The molecule has 9 nitrogen and oxygen atoms in total. The van der Waals surface area contributed by atoms with Gasteiger partial charge in [-0.2, -0.15) is 13.2 Å². The van der Waals surface area contributed by atoms with Crippen LogP contribution in [0.4, 0.5) is 28.4 Å². The van der Waals surface area contributed by atoms with Crippen LogP contribution in [0.5, 0.6) is 0 Å². The molecule has 0 unspecified atom stereocenters. The smallest absolute Gasteiger partial charge is 0.433 e. The normalized spacial score (nSPS) is 15.5. The summed E-state index contributed by atoms with van der Waals surface area (Å²) in [5.41, 5.74) is -2.54. The van der Waals surface area contributed by atoms with Gasteiger partial charge in [-0.15, -0.1) is 0 Å². The van der Waals surface area contributed by atoms with Crippen molar-refractivity contribution in [2.45, 2.75) is 57.5 Å². The molecule has 1 aliphatic rings. The van der Waals surface area contributed by atoms with Gasteiger partial charge in [0.15, 0.2) is 0 Å². The molecule has 1 aliphatic heterocycles. The minimum atomic E-state index is -4.62. The summed E-state index contributed by atoms with van der Waals surface area (Å²) in [6.07, 6.45) is -5.10. The first-order valence-electron chi connectivity index (χ1n) is 11.6. The minimum Gasteiger partial charge on any atom is -0.445 e. The van der Waals surface area contributed by atoms with Gasteiger partial charge in [0.2, 0.25) is 5.91 Å². The predicted molar refractivity (Wildman–Crippen MR) is 127 cm³/mol. The Balaban J connectivity index is 1.73. The van der Waals surface area contributed by atoms with Crippen LogP contribution in [0, 0.1) is 0 Å². The van der Waals surface area contributed by atoms with E-state index >= 15 is 0 Å². The fourth-order valence-corrected chi connectivity index (χ4v) is 3.65. The zero-order valence-corrected chi connectivity index (χ0v) is 20.7. The third kappa shape index (κ3) is 7.83. The van der Waals surface area contributed by atoms with Crippen molar-refractivity contribution in [3.8, 4) is 0 Å². The lowest BCUT2D eigenvalue weighted by molar-refractivity contribution is -0.141. The van der Waals surface area contributed by atoms with Gasteiger partial charge in [0, 0.05) is 13.1 Å². The molecule has 3 rings (SSSR count). The van der Waals surface area contributed by atoms with Crippen LogP contribution >= 0.6 is 0 Å². The van der Waals surface area contributed by atoms with E-state index in [9.17, 15) is 27.6 Å². The number of likely N-dealkylation sites (tertiary alicyclic amines) is 1. The third-order valence-electron chi connectivity index (χ3n) is 5.57. The number of piperidine rings is 1. The summed E-state index contributed by atoms with van der Waals surface area (Å²) in [4.78, 5) is 43.2. The number of nitrogens with one attached hydrogen (secondary N) is 2. The van der Waals surface area contributed by atoms with Crippen molar-refractivity contribution in [3.05, 3.63) is 59.9 Å². The van der Waals surface area contributed by atoms with E-state index in [-0.39, 0.29) is 38.2 Å². The van der Waals surface area contributed by atoms with Crippen molar-refractivity contribution >= 4 is 23.8 Å². The van der Waals surface area contributed by atoms with Crippen molar-refractivity contribution in [2.75, 3.05) is 18.4 Å². The second-order valence-electron chi connectivity index (χ2n) is 9.62. The molecular weight excluding hydrogens is 493 g/mol. The van der Waals surface area contributed by atoms with E-state index in [1.807, 2.05) is 6.07 Å². The highest BCUT2D eigenvalue weighted by Crippen LogP contribution is 2.29. The molecule has 1 saturated heterocycles. The minimum absolute atomic E-state index is 0.0198. The zero-order valence-electron chi connectivity index (χ0n) is 20.7. The van der Waals surface area contributed by atoms with E-state index in [0.29, 0.717) is 0 Å². The number of carbonyl (C=O) groups is 3. The molecule has 1 fully saturated rings. The Morgan fingerprint density at radius 3 is 2.22 bits per heavy atom. The Morgan fingerprint density at radius 2 is 1.68 bits per heavy atom. The number of nitrogens with zero attached hydrogens (tertiary/aromatic N) is 2. The van der Waals surface area contributed by atoms with Crippen molar-refractivity contribution in [1.82, 2.24) is 15.2 Å². The molecule has 37 heavy (non-hydrogen) atoms. The summed E-state index contributed by atoms with van der Waals surface area (Å²) in [6.45, 7) is 5.34. The molecule has 0 bridgehead atoms. The van der Waals surface area contributed by atoms with Crippen LogP contribution in [0.3, 0.4) is 0 Å². The van der Waals surface area contributed by atoms with E-state index in [2.05, 4.69) is 15.6 Å². The van der Waals surface area contributed by atoms with Crippen molar-refractivity contribution in [2.24, 2.45) is 0 Å². The van der Waals surface area contributed by atoms with Gasteiger partial charge in [0.25, 0.3) is 0 Å². The molecule has 0 aliphatic carbocycles. The van der Waals surface area contributed by atoms with E-state index < -0.39 is 41.1 Å². The van der Waals surface area contributed by atoms with E-state index in [1.165, 1.54) is 4.90 Å². The number of aromatic nitrogens is 1. The Labute approximate surface area is 212 Å². The fraction of sp³-hybridized carbons (Fsp3) is 0.440. The maximum Gasteiger partial charge on any atom is 0.433 e. The first kappa shape index (κ1) is 27.8. The van der Waals surface area contributed by atoms with Gasteiger partial charge in [-0.25, -0.2) is 14.6 Å². The number of halogens is 3. The molecule has 2 heterocycles. The number of hydrogen-bond acceptors (Lipinski definition) is 6. The molecule has 1 aromatic carbocycles. The maximum absolute atomic E-state index is 13.3.